The van der Waals surface area contributed by atoms with Crippen molar-refractivity contribution in [3.05, 3.63) is 58.7 Å². The maximum atomic E-state index is 12.8. The van der Waals surface area contributed by atoms with Crippen LogP contribution in [0.25, 0.3) is 10.9 Å². The number of aromatic nitrogens is 2. The summed E-state index contributed by atoms with van der Waals surface area (Å²) in [5.41, 5.74) is 2.73. The Balaban J connectivity index is 1.22. The SMILES string of the molecule is O=C(NO)c1ccc(NC(=O)N2CC3CCN(c4ccc5cc(Br)ccc5n4)CC3C2)nc1. The van der Waals surface area contributed by atoms with E-state index in [9.17, 15) is 9.59 Å². The van der Waals surface area contributed by atoms with Crippen LogP contribution < -0.4 is 15.7 Å². The van der Waals surface area contributed by atoms with E-state index >= 15 is 0 Å². The molecule has 0 spiro atoms. The van der Waals surface area contributed by atoms with Crippen molar-refractivity contribution in [2.24, 2.45) is 11.8 Å². The van der Waals surface area contributed by atoms with E-state index < -0.39 is 5.91 Å². The first kappa shape index (κ1) is 21.6. The molecule has 170 valence electrons. The van der Waals surface area contributed by atoms with E-state index in [1.807, 2.05) is 17.0 Å². The molecule has 3 N–H and O–H groups in total. The Labute approximate surface area is 198 Å². The summed E-state index contributed by atoms with van der Waals surface area (Å²) < 4.78 is 1.04. The topological polar surface area (TPSA) is 111 Å². The van der Waals surface area contributed by atoms with Crippen LogP contribution in [-0.2, 0) is 0 Å². The van der Waals surface area contributed by atoms with Gasteiger partial charge in [-0.2, -0.15) is 0 Å². The molecule has 2 atom stereocenters. The number of fused-ring (bicyclic) bond motifs is 2. The number of piperidine rings is 1. The highest BCUT2D eigenvalue weighted by atomic mass is 79.9. The number of likely N-dealkylation sites (tertiary alicyclic amines) is 1. The van der Waals surface area contributed by atoms with Crippen LogP contribution in [-0.4, -0.2) is 58.2 Å². The monoisotopic (exact) mass is 510 g/mol. The molecule has 10 heteroatoms. The number of halogens is 1. The normalized spacial score (nSPS) is 19.9. The summed E-state index contributed by atoms with van der Waals surface area (Å²) in [4.78, 5) is 37.3. The van der Waals surface area contributed by atoms with E-state index in [1.54, 1.807) is 5.48 Å². The number of nitrogens with zero attached hydrogens (tertiary/aromatic N) is 4. The van der Waals surface area contributed by atoms with Gasteiger partial charge in [0.25, 0.3) is 5.91 Å². The number of nitrogens with one attached hydrogen (secondary N) is 2. The van der Waals surface area contributed by atoms with Crippen molar-refractivity contribution in [2.45, 2.75) is 6.42 Å². The van der Waals surface area contributed by atoms with Crippen LogP contribution in [0.1, 0.15) is 16.8 Å². The Morgan fingerprint density at radius 3 is 2.70 bits per heavy atom. The number of amides is 3. The number of hydrogen-bond acceptors (Lipinski definition) is 6. The van der Waals surface area contributed by atoms with Gasteiger partial charge in [-0.3, -0.25) is 15.3 Å². The second kappa shape index (κ2) is 8.95. The van der Waals surface area contributed by atoms with Crippen LogP contribution >= 0.6 is 15.9 Å². The molecule has 1 aromatic carbocycles. The molecular formula is C23H23BrN6O3. The molecule has 33 heavy (non-hydrogen) atoms. The van der Waals surface area contributed by atoms with Crippen LogP contribution in [0.5, 0.6) is 0 Å². The zero-order valence-electron chi connectivity index (χ0n) is 17.7. The van der Waals surface area contributed by atoms with E-state index in [1.165, 1.54) is 18.3 Å². The lowest BCUT2D eigenvalue weighted by atomic mass is 9.89. The summed E-state index contributed by atoms with van der Waals surface area (Å²) in [5, 5.41) is 12.6. The number of hydrogen-bond donors (Lipinski definition) is 3. The maximum absolute atomic E-state index is 12.8. The van der Waals surface area contributed by atoms with E-state index in [-0.39, 0.29) is 11.6 Å². The van der Waals surface area contributed by atoms with Gasteiger partial charge in [0.05, 0.1) is 11.1 Å². The second-order valence-corrected chi connectivity index (χ2v) is 9.39. The summed E-state index contributed by atoms with van der Waals surface area (Å²) in [6.45, 7) is 3.18. The van der Waals surface area contributed by atoms with Crippen molar-refractivity contribution in [3.8, 4) is 0 Å². The molecule has 4 heterocycles. The lowest BCUT2D eigenvalue weighted by molar-refractivity contribution is 0.0706. The van der Waals surface area contributed by atoms with Gasteiger partial charge in [-0.1, -0.05) is 15.9 Å². The Morgan fingerprint density at radius 1 is 1.06 bits per heavy atom. The summed E-state index contributed by atoms with van der Waals surface area (Å²) in [7, 11) is 0. The highest BCUT2D eigenvalue weighted by molar-refractivity contribution is 9.10. The van der Waals surface area contributed by atoms with Crippen LogP contribution in [0.3, 0.4) is 0 Å². The standard InChI is InChI=1S/C23H23BrN6O3/c24-18-3-4-19-14(9-18)2-6-21(26-19)29-8-7-16-11-30(13-17(16)12-29)23(32)27-20-5-1-15(10-25-20)22(31)28-33/h1-6,9-10,16-17,33H,7-8,11-13H2,(H,28,31)(H,25,27,32). The minimum Gasteiger partial charge on any atom is -0.356 e. The Morgan fingerprint density at radius 2 is 1.91 bits per heavy atom. The van der Waals surface area contributed by atoms with Crippen LogP contribution in [0.4, 0.5) is 16.4 Å². The van der Waals surface area contributed by atoms with E-state index in [0.717, 1.165) is 40.7 Å². The molecule has 0 saturated carbocycles. The third-order valence-electron chi connectivity index (χ3n) is 6.41. The molecule has 3 aromatic rings. The van der Waals surface area contributed by atoms with Gasteiger partial charge >= 0.3 is 6.03 Å². The number of pyridine rings is 2. The summed E-state index contributed by atoms with van der Waals surface area (Å²) in [5.74, 6) is 1.53. The molecule has 2 aromatic heterocycles. The van der Waals surface area contributed by atoms with Crippen LogP contribution in [0.15, 0.2) is 53.1 Å². The van der Waals surface area contributed by atoms with Gasteiger partial charge < -0.3 is 9.80 Å². The zero-order chi connectivity index (χ0) is 22.9. The predicted octanol–water partition coefficient (Wildman–Crippen LogP) is 3.50. The summed E-state index contributed by atoms with van der Waals surface area (Å²) in [6, 6.07) is 13.1. The van der Waals surface area contributed by atoms with Gasteiger partial charge in [0, 0.05) is 42.2 Å². The molecule has 0 bridgehead atoms. The van der Waals surface area contributed by atoms with Crippen LogP contribution in [0.2, 0.25) is 0 Å². The van der Waals surface area contributed by atoms with Crippen molar-refractivity contribution in [3.63, 3.8) is 0 Å². The quantitative estimate of drug-likeness (QED) is 0.367. The summed E-state index contributed by atoms with van der Waals surface area (Å²) >= 11 is 3.50. The zero-order valence-corrected chi connectivity index (χ0v) is 19.3. The molecule has 2 unspecified atom stereocenters. The number of benzene rings is 1. The predicted molar refractivity (Wildman–Crippen MR) is 127 cm³/mol. The molecule has 5 rings (SSSR count). The van der Waals surface area contributed by atoms with Gasteiger partial charge in [0.15, 0.2) is 0 Å². The van der Waals surface area contributed by atoms with Crippen LogP contribution in [0, 0.1) is 11.8 Å². The fourth-order valence-electron chi connectivity index (χ4n) is 4.66. The van der Waals surface area contributed by atoms with Gasteiger partial charge in [0.1, 0.15) is 11.6 Å². The maximum Gasteiger partial charge on any atom is 0.323 e. The minimum atomic E-state index is -0.651. The van der Waals surface area contributed by atoms with Crippen molar-refractivity contribution in [1.82, 2.24) is 20.3 Å². The number of carbonyl (C=O) groups is 2. The largest absolute Gasteiger partial charge is 0.356 e. The first-order valence-corrected chi connectivity index (χ1v) is 11.6. The van der Waals surface area contributed by atoms with Crippen molar-refractivity contribution < 1.29 is 14.8 Å². The van der Waals surface area contributed by atoms with Crippen molar-refractivity contribution in [1.29, 1.82) is 0 Å². The van der Waals surface area contributed by atoms with Gasteiger partial charge in [-0.25, -0.2) is 20.2 Å². The highest BCUT2D eigenvalue weighted by Crippen LogP contribution is 2.33. The fourth-order valence-corrected chi connectivity index (χ4v) is 5.04. The van der Waals surface area contributed by atoms with Crippen molar-refractivity contribution >= 4 is 50.4 Å². The third kappa shape index (κ3) is 4.49. The lowest BCUT2D eigenvalue weighted by Gasteiger charge is -2.35. The molecular weight excluding hydrogens is 488 g/mol. The van der Waals surface area contributed by atoms with Gasteiger partial charge in [-0.15, -0.1) is 0 Å². The molecule has 9 nitrogen and oxygen atoms in total. The first-order chi connectivity index (χ1) is 16.0. The number of urea groups is 1. The Bertz CT molecular complexity index is 1200. The average Bonchev–Trinajstić information content (AvgIpc) is 3.27. The number of anilines is 2. The average molecular weight is 511 g/mol. The molecule has 2 saturated heterocycles. The summed E-state index contributed by atoms with van der Waals surface area (Å²) in [6.07, 6.45) is 2.32. The van der Waals surface area contributed by atoms with E-state index in [2.05, 4.69) is 49.3 Å². The smallest absolute Gasteiger partial charge is 0.323 e. The number of rotatable bonds is 3. The fraction of sp³-hybridized carbons (Fsp3) is 0.304. The molecule has 2 fully saturated rings. The number of carbonyl (C=O) groups excluding carboxylic acids is 2. The van der Waals surface area contributed by atoms with Gasteiger partial charge in [0.2, 0.25) is 0 Å². The Hall–Kier alpha value is -3.24. The van der Waals surface area contributed by atoms with Gasteiger partial charge in [-0.05, 0) is 60.7 Å². The van der Waals surface area contributed by atoms with E-state index in [0.29, 0.717) is 30.7 Å². The minimum absolute atomic E-state index is 0.197. The lowest BCUT2D eigenvalue weighted by Crippen LogP contribution is -2.40. The molecule has 0 radical (unpaired) electrons. The molecule has 2 aliphatic rings. The third-order valence-corrected chi connectivity index (χ3v) is 6.90. The number of hydroxylamine groups is 1. The highest BCUT2D eigenvalue weighted by Gasteiger charge is 2.39. The Kier molecular flexibility index (Phi) is 5.86. The molecule has 0 aliphatic carbocycles. The molecule has 3 amide bonds. The first-order valence-electron chi connectivity index (χ1n) is 10.8. The second-order valence-electron chi connectivity index (χ2n) is 8.47. The van der Waals surface area contributed by atoms with E-state index in [4.69, 9.17) is 10.2 Å². The molecule has 2 aliphatic heterocycles. The van der Waals surface area contributed by atoms with Crippen molar-refractivity contribution in [2.75, 3.05) is 36.4 Å².